The summed E-state index contributed by atoms with van der Waals surface area (Å²) < 4.78 is 27.3. The highest BCUT2D eigenvalue weighted by Crippen LogP contribution is 2.27. The molecule has 1 atom stereocenters. The number of nitrogens with zero attached hydrogens (tertiary/aromatic N) is 5. The average molecular weight is 497 g/mol. The van der Waals surface area contributed by atoms with Gasteiger partial charge in [-0.3, -0.25) is 9.36 Å². The molecule has 1 unspecified atom stereocenters. The van der Waals surface area contributed by atoms with E-state index in [1.165, 1.54) is 10.6 Å². The molecular formula is C23H19ClF2N8O. The van der Waals surface area contributed by atoms with Crippen molar-refractivity contribution in [2.45, 2.75) is 25.8 Å². The van der Waals surface area contributed by atoms with E-state index in [9.17, 15) is 18.8 Å². The Morgan fingerprint density at radius 3 is 2.63 bits per heavy atom. The van der Waals surface area contributed by atoms with Crippen LogP contribution in [0.15, 0.2) is 47.3 Å². The minimum Gasteiger partial charge on any atom is -0.382 e. The van der Waals surface area contributed by atoms with Gasteiger partial charge in [-0.25, -0.2) is 13.8 Å². The van der Waals surface area contributed by atoms with Crippen molar-refractivity contribution in [3.05, 3.63) is 74.8 Å². The smallest absolute Gasteiger partial charge is 0.267 e. The Kier molecular flexibility index (Phi) is 6.48. The van der Waals surface area contributed by atoms with Gasteiger partial charge in [0.2, 0.25) is 12.4 Å². The summed E-state index contributed by atoms with van der Waals surface area (Å²) in [6.45, 7) is 1.69. The second kappa shape index (κ2) is 9.52. The van der Waals surface area contributed by atoms with Crippen molar-refractivity contribution in [2.24, 2.45) is 0 Å². The van der Waals surface area contributed by atoms with Crippen LogP contribution in [0.25, 0.3) is 16.6 Å². The van der Waals surface area contributed by atoms with Gasteiger partial charge in [-0.2, -0.15) is 15.2 Å². The standard InChI is InChI=1S/C23H19ClF2N8O/c1-11(30-20-14(10-27)19(28)32-23(29)33-20)21-31-16-7-3-6-15(24)18(16)22(35)34(21)13-5-2-4-12(8-13)9-17(25)26/h2-8,11,17H,9H2,1H3,(H5,28,29,30,32,33). The quantitative estimate of drug-likeness (QED) is 0.364. The fourth-order valence-electron chi connectivity index (χ4n) is 3.73. The average Bonchev–Trinajstić information content (AvgIpc) is 2.78. The molecule has 0 spiro atoms. The monoisotopic (exact) mass is 496 g/mol. The van der Waals surface area contributed by atoms with E-state index < -0.39 is 24.4 Å². The maximum absolute atomic E-state index is 13.6. The van der Waals surface area contributed by atoms with Crippen LogP contribution in [0.5, 0.6) is 0 Å². The number of halogens is 3. The molecule has 0 aliphatic carbocycles. The van der Waals surface area contributed by atoms with E-state index in [-0.39, 0.29) is 39.4 Å². The number of nitrogens with two attached hydrogens (primary N) is 2. The molecule has 0 saturated heterocycles. The van der Waals surface area contributed by atoms with Crippen LogP contribution in [0, 0.1) is 11.3 Å². The Morgan fingerprint density at radius 1 is 1.17 bits per heavy atom. The molecule has 0 aliphatic heterocycles. The van der Waals surface area contributed by atoms with E-state index in [4.69, 9.17) is 23.1 Å². The van der Waals surface area contributed by atoms with Crippen LogP contribution >= 0.6 is 11.6 Å². The number of nitrogens with one attached hydrogen (secondary N) is 1. The molecule has 0 saturated carbocycles. The van der Waals surface area contributed by atoms with Gasteiger partial charge in [-0.05, 0) is 36.8 Å². The first-order chi connectivity index (χ1) is 16.7. The van der Waals surface area contributed by atoms with Gasteiger partial charge in [0.1, 0.15) is 23.3 Å². The molecule has 0 fully saturated rings. The lowest BCUT2D eigenvalue weighted by Crippen LogP contribution is -2.28. The summed E-state index contributed by atoms with van der Waals surface area (Å²) in [5.41, 5.74) is 12.0. The van der Waals surface area contributed by atoms with E-state index in [2.05, 4.69) is 20.3 Å². The number of fused-ring (bicyclic) bond motifs is 1. The summed E-state index contributed by atoms with van der Waals surface area (Å²) in [5, 5.41) is 12.9. The lowest BCUT2D eigenvalue weighted by Gasteiger charge is -2.21. The highest BCUT2D eigenvalue weighted by Gasteiger charge is 2.22. The van der Waals surface area contributed by atoms with Crippen molar-refractivity contribution in [3.8, 4) is 11.8 Å². The zero-order chi connectivity index (χ0) is 25.3. The Hall–Kier alpha value is -4.30. The molecule has 0 bridgehead atoms. The number of nitriles is 1. The molecule has 4 aromatic rings. The Labute approximate surface area is 203 Å². The van der Waals surface area contributed by atoms with Gasteiger partial charge in [0.05, 0.1) is 27.7 Å². The maximum atomic E-state index is 13.6. The van der Waals surface area contributed by atoms with Crippen molar-refractivity contribution < 1.29 is 8.78 Å². The molecule has 4 rings (SSSR count). The topological polar surface area (TPSA) is 149 Å². The number of rotatable bonds is 6. The largest absolute Gasteiger partial charge is 0.382 e. The fraction of sp³-hybridized carbons (Fsp3) is 0.174. The van der Waals surface area contributed by atoms with Crippen molar-refractivity contribution in [2.75, 3.05) is 16.8 Å². The molecule has 12 heteroatoms. The van der Waals surface area contributed by atoms with Gasteiger partial charge in [-0.15, -0.1) is 0 Å². The minimum absolute atomic E-state index is 0.0253. The minimum atomic E-state index is -2.55. The van der Waals surface area contributed by atoms with Crippen LogP contribution in [0.2, 0.25) is 5.02 Å². The molecule has 2 aromatic heterocycles. The molecular weight excluding hydrogens is 478 g/mol. The number of hydrogen-bond acceptors (Lipinski definition) is 8. The van der Waals surface area contributed by atoms with E-state index in [0.717, 1.165) is 0 Å². The third kappa shape index (κ3) is 4.69. The second-order valence-electron chi connectivity index (χ2n) is 7.68. The predicted octanol–water partition coefficient (Wildman–Crippen LogP) is 3.85. The van der Waals surface area contributed by atoms with Gasteiger partial charge in [0.25, 0.3) is 5.56 Å². The number of hydrogen-bond donors (Lipinski definition) is 3. The normalized spacial score (nSPS) is 12.0. The van der Waals surface area contributed by atoms with Gasteiger partial charge in [0.15, 0.2) is 5.82 Å². The van der Waals surface area contributed by atoms with Crippen LogP contribution in [0.1, 0.15) is 29.9 Å². The van der Waals surface area contributed by atoms with E-state index in [1.54, 1.807) is 43.3 Å². The zero-order valence-corrected chi connectivity index (χ0v) is 19.1. The second-order valence-corrected chi connectivity index (χ2v) is 8.09. The first kappa shape index (κ1) is 23.8. The Morgan fingerprint density at radius 2 is 1.91 bits per heavy atom. The van der Waals surface area contributed by atoms with Crippen LogP contribution in [-0.2, 0) is 6.42 Å². The van der Waals surface area contributed by atoms with Crippen molar-refractivity contribution in [1.29, 1.82) is 5.26 Å². The van der Waals surface area contributed by atoms with E-state index in [0.29, 0.717) is 16.8 Å². The highest BCUT2D eigenvalue weighted by molar-refractivity contribution is 6.35. The van der Waals surface area contributed by atoms with Gasteiger partial charge in [-0.1, -0.05) is 29.8 Å². The first-order valence-electron chi connectivity index (χ1n) is 10.4. The molecule has 0 amide bonds. The number of anilines is 3. The number of benzene rings is 2. The predicted molar refractivity (Wildman–Crippen MR) is 130 cm³/mol. The number of aromatic nitrogens is 4. The van der Waals surface area contributed by atoms with Crippen molar-refractivity contribution in [1.82, 2.24) is 19.5 Å². The van der Waals surface area contributed by atoms with E-state index >= 15 is 0 Å². The van der Waals surface area contributed by atoms with Crippen LogP contribution in [0.3, 0.4) is 0 Å². The van der Waals surface area contributed by atoms with Crippen molar-refractivity contribution >= 4 is 40.1 Å². The molecule has 0 aliphatic rings. The van der Waals surface area contributed by atoms with Gasteiger partial charge in [0, 0.05) is 6.42 Å². The molecule has 178 valence electrons. The van der Waals surface area contributed by atoms with Gasteiger partial charge >= 0.3 is 0 Å². The summed E-state index contributed by atoms with van der Waals surface area (Å²) >= 11 is 6.31. The SMILES string of the molecule is CC(Nc1nc(N)nc(N)c1C#N)c1nc2cccc(Cl)c2c(=O)n1-c1cccc(CC(F)F)c1. The zero-order valence-electron chi connectivity index (χ0n) is 18.3. The van der Waals surface area contributed by atoms with Crippen LogP contribution in [-0.4, -0.2) is 25.9 Å². The molecule has 0 radical (unpaired) electrons. The summed E-state index contributed by atoms with van der Waals surface area (Å²) in [5.74, 6) is 0.0265. The first-order valence-corrected chi connectivity index (χ1v) is 10.8. The molecule has 2 aromatic carbocycles. The van der Waals surface area contributed by atoms with Crippen LogP contribution in [0.4, 0.5) is 26.4 Å². The number of nitrogen functional groups attached to an aromatic ring is 2. The summed E-state index contributed by atoms with van der Waals surface area (Å²) in [4.78, 5) is 26.1. The van der Waals surface area contributed by atoms with Crippen molar-refractivity contribution in [3.63, 3.8) is 0 Å². The van der Waals surface area contributed by atoms with E-state index in [1.807, 2.05) is 6.07 Å². The summed E-state index contributed by atoms with van der Waals surface area (Å²) in [6, 6.07) is 12.3. The third-order valence-electron chi connectivity index (χ3n) is 5.24. The molecule has 2 heterocycles. The Balaban J connectivity index is 1.93. The fourth-order valence-corrected chi connectivity index (χ4v) is 3.98. The molecule has 9 nitrogen and oxygen atoms in total. The molecule has 5 N–H and O–H groups in total. The maximum Gasteiger partial charge on any atom is 0.267 e. The lowest BCUT2D eigenvalue weighted by molar-refractivity contribution is 0.149. The van der Waals surface area contributed by atoms with Gasteiger partial charge < -0.3 is 16.8 Å². The number of alkyl halides is 2. The third-order valence-corrected chi connectivity index (χ3v) is 5.55. The Bertz CT molecular complexity index is 1530. The highest BCUT2D eigenvalue weighted by atomic mass is 35.5. The summed E-state index contributed by atoms with van der Waals surface area (Å²) in [7, 11) is 0. The lowest BCUT2D eigenvalue weighted by atomic mass is 10.1. The van der Waals surface area contributed by atoms with Crippen LogP contribution < -0.4 is 22.3 Å². The summed E-state index contributed by atoms with van der Waals surface area (Å²) in [6.07, 6.45) is -3.03. The molecule has 35 heavy (non-hydrogen) atoms.